The molecule has 1 amide bonds. The van der Waals surface area contributed by atoms with Gasteiger partial charge in [0.1, 0.15) is 5.75 Å². The van der Waals surface area contributed by atoms with Crippen molar-refractivity contribution in [1.82, 2.24) is 0 Å². The van der Waals surface area contributed by atoms with Gasteiger partial charge in [-0.3, -0.25) is 4.79 Å². The maximum Gasteiger partial charge on any atom is 0.265 e. The maximum absolute atomic E-state index is 12.1. The Morgan fingerprint density at radius 1 is 1.29 bits per heavy atom. The van der Waals surface area contributed by atoms with Crippen LogP contribution in [-0.2, 0) is 4.79 Å². The summed E-state index contributed by atoms with van der Waals surface area (Å²) < 4.78 is 6.51. The van der Waals surface area contributed by atoms with E-state index in [1.807, 2.05) is 12.1 Å². The first-order valence-corrected chi connectivity index (χ1v) is 7.41. The monoisotopic (exact) mass is 368 g/mol. The molecular formula is C15H14BrClN2O2. The summed E-state index contributed by atoms with van der Waals surface area (Å²) in [5.74, 6) is 0.312. The second kappa shape index (κ2) is 6.83. The molecule has 21 heavy (non-hydrogen) atoms. The highest BCUT2D eigenvalue weighted by Gasteiger charge is 2.16. The van der Waals surface area contributed by atoms with Crippen LogP contribution in [0.4, 0.5) is 11.4 Å². The summed E-state index contributed by atoms with van der Waals surface area (Å²) in [5.41, 5.74) is 6.71. The van der Waals surface area contributed by atoms with Gasteiger partial charge in [-0.15, -0.1) is 0 Å². The second-order valence-electron chi connectivity index (χ2n) is 4.43. The predicted octanol–water partition coefficient (Wildman–Crippen LogP) is 4.09. The van der Waals surface area contributed by atoms with E-state index in [4.69, 9.17) is 22.1 Å². The number of carbonyl (C=O) groups is 1. The summed E-state index contributed by atoms with van der Waals surface area (Å²) in [6.07, 6.45) is -0.662. The van der Waals surface area contributed by atoms with Gasteiger partial charge in [0.2, 0.25) is 0 Å². The van der Waals surface area contributed by atoms with Gasteiger partial charge >= 0.3 is 0 Å². The summed E-state index contributed by atoms with van der Waals surface area (Å²) in [4.78, 5) is 12.1. The van der Waals surface area contributed by atoms with Crippen LogP contribution in [0.5, 0.6) is 5.75 Å². The summed E-state index contributed by atoms with van der Waals surface area (Å²) in [6, 6.07) is 12.1. The molecule has 3 N–H and O–H groups in total. The van der Waals surface area contributed by atoms with E-state index in [-0.39, 0.29) is 5.91 Å². The molecular weight excluding hydrogens is 356 g/mol. The van der Waals surface area contributed by atoms with Gasteiger partial charge in [-0.05, 0) is 49.4 Å². The molecule has 1 atom stereocenters. The van der Waals surface area contributed by atoms with E-state index >= 15 is 0 Å². The molecule has 110 valence electrons. The van der Waals surface area contributed by atoms with Crippen molar-refractivity contribution in [3.63, 3.8) is 0 Å². The van der Waals surface area contributed by atoms with Crippen LogP contribution < -0.4 is 15.8 Å². The van der Waals surface area contributed by atoms with Crippen molar-refractivity contribution >= 4 is 44.8 Å². The van der Waals surface area contributed by atoms with Crippen molar-refractivity contribution in [3.05, 3.63) is 52.0 Å². The molecule has 0 radical (unpaired) electrons. The number of hydrogen-bond acceptors (Lipinski definition) is 3. The van der Waals surface area contributed by atoms with Gasteiger partial charge in [-0.25, -0.2) is 0 Å². The van der Waals surface area contributed by atoms with E-state index in [0.29, 0.717) is 22.1 Å². The van der Waals surface area contributed by atoms with Gasteiger partial charge in [-0.2, -0.15) is 0 Å². The molecule has 2 aromatic carbocycles. The van der Waals surface area contributed by atoms with Crippen molar-refractivity contribution in [1.29, 1.82) is 0 Å². The molecule has 0 aliphatic heterocycles. The summed E-state index contributed by atoms with van der Waals surface area (Å²) in [5, 5.41) is 3.20. The number of nitrogen functional groups attached to an aromatic ring is 1. The molecule has 0 bridgehead atoms. The fourth-order valence-electron chi connectivity index (χ4n) is 1.64. The Bertz CT molecular complexity index is 647. The smallest absolute Gasteiger partial charge is 0.265 e. The van der Waals surface area contributed by atoms with E-state index in [1.54, 1.807) is 37.3 Å². The molecule has 1 unspecified atom stereocenters. The Hall–Kier alpha value is -1.72. The van der Waals surface area contributed by atoms with Crippen molar-refractivity contribution in [2.75, 3.05) is 11.1 Å². The van der Waals surface area contributed by atoms with E-state index in [2.05, 4.69) is 21.2 Å². The number of nitrogens with one attached hydrogen (secondary N) is 1. The van der Waals surface area contributed by atoms with Crippen LogP contribution in [0.2, 0.25) is 5.02 Å². The SMILES string of the molecule is CC(Oc1ccc(Br)cc1)C(=O)Nc1cc(Cl)ccc1N. The molecule has 2 aromatic rings. The number of carbonyl (C=O) groups excluding carboxylic acids is 1. The lowest BCUT2D eigenvalue weighted by Crippen LogP contribution is -2.30. The fraction of sp³-hybridized carbons (Fsp3) is 0.133. The first kappa shape index (κ1) is 15.7. The normalized spacial score (nSPS) is 11.8. The van der Waals surface area contributed by atoms with Crippen molar-refractivity contribution in [2.45, 2.75) is 13.0 Å². The van der Waals surface area contributed by atoms with Crippen LogP contribution in [0.25, 0.3) is 0 Å². The molecule has 0 aliphatic carbocycles. The molecule has 0 aliphatic rings. The molecule has 4 nitrogen and oxygen atoms in total. The minimum absolute atomic E-state index is 0.299. The molecule has 0 spiro atoms. The van der Waals surface area contributed by atoms with E-state index in [1.165, 1.54) is 0 Å². The Labute approximate surface area is 136 Å². The Morgan fingerprint density at radius 3 is 2.62 bits per heavy atom. The Kier molecular flexibility index (Phi) is 5.09. The van der Waals surface area contributed by atoms with Gasteiger partial charge in [0.05, 0.1) is 11.4 Å². The van der Waals surface area contributed by atoms with Gasteiger partial charge in [-0.1, -0.05) is 27.5 Å². The lowest BCUT2D eigenvalue weighted by Gasteiger charge is -2.15. The number of halogens is 2. The zero-order chi connectivity index (χ0) is 15.4. The number of ether oxygens (including phenoxy) is 1. The maximum atomic E-state index is 12.1. The first-order valence-electron chi connectivity index (χ1n) is 6.24. The second-order valence-corrected chi connectivity index (χ2v) is 5.79. The zero-order valence-corrected chi connectivity index (χ0v) is 13.6. The minimum atomic E-state index is -0.662. The number of hydrogen-bond donors (Lipinski definition) is 2. The van der Waals surface area contributed by atoms with Gasteiger partial charge < -0.3 is 15.8 Å². The fourth-order valence-corrected chi connectivity index (χ4v) is 2.08. The number of anilines is 2. The molecule has 0 saturated carbocycles. The summed E-state index contributed by atoms with van der Waals surface area (Å²) in [7, 11) is 0. The number of nitrogens with two attached hydrogens (primary N) is 1. The van der Waals surface area contributed by atoms with Gasteiger partial charge in [0, 0.05) is 9.50 Å². The largest absolute Gasteiger partial charge is 0.481 e. The number of rotatable bonds is 4. The minimum Gasteiger partial charge on any atom is -0.481 e. The summed E-state index contributed by atoms with van der Waals surface area (Å²) in [6.45, 7) is 1.66. The molecule has 6 heteroatoms. The molecule has 0 aromatic heterocycles. The molecule has 0 fully saturated rings. The van der Waals surface area contributed by atoms with Crippen LogP contribution in [0.1, 0.15) is 6.92 Å². The van der Waals surface area contributed by atoms with E-state index in [9.17, 15) is 4.79 Å². The molecule has 0 saturated heterocycles. The van der Waals surface area contributed by atoms with Crippen molar-refractivity contribution < 1.29 is 9.53 Å². The van der Waals surface area contributed by atoms with Crippen LogP contribution in [0.15, 0.2) is 46.9 Å². The highest BCUT2D eigenvalue weighted by molar-refractivity contribution is 9.10. The van der Waals surface area contributed by atoms with E-state index < -0.39 is 6.10 Å². The molecule has 2 rings (SSSR count). The number of benzene rings is 2. The van der Waals surface area contributed by atoms with Crippen LogP contribution >= 0.6 is 27.5 Å². The van der Waals surface area contributed by atoms with Crippen LogP contribution in [0, 0.1) is 0 Å². The lowest BCUT2D eigenvalue weighted by atomic mass is 10.2. The highest BCUT2D eigenvalue weighted by atomic mass is 79.9. The summed E-state index contributed by atoms with van der Waals surface area (Å²) >= 11 is 9.22. The first-order chi connectivity index (χ1) is 9.95. The quantitative estimate of drug-likeness (QED) is 0.798. The topological polar surface area (TPSA) is 64.3 Å². The van der Waals surface area contributed by atoms with Crippen molar-refractivity contribution in [2.24, 2.45) is 0 Å². The number of amides is 1. The van der Waals surface area contributed by atoms with Gasteiger partial charge in [0.25, 0.3) is 5.91 Å². The molecule has 0 heterocycles. The predicted molar refractivity (Wildman–Crippen MR) is 88.7 cm³/mol. The third-order valence-electron chi connectivity index (χ3n) is 2.77. The van der Waals surface area contributed by atoms with Crippen LogP contribution in [0.3, 0.4) is 0 Å². The third kappa shape index (κ3) is 4.37. The highest BCUT2D eigenvalue weighted by Crippen LogP contribution is 2.23. The van der Waals surface area contributed by atoms with Crippen molar-refractivity contribution in [3.8, 4) is 5.75 Å². The van der Waals surface area contributed by atoms with E-state index in [0.717, 1.165) is 4.47 Å². The van der Waals surface area contributed by atoms with Crippen LogP contribution in [-0.4, -0.2) is 12.0 Å². The average Bonchev–Trinajstić information content (AvgIpc) is 2.45. The Morgan fingerprint density at radius 2 is 1.95 bits per heavy atom. The third-order valence-corrected chi connectivity index (χ3v) is 3.53. The van der Waals surface area contributed by atoms with Gasteiger partial charge in [0.15, 0.2) is 6.10 Å². The average molecular weight is 370 g/mol. The standard InChI is InChI=1S/C15H14BrClN2O2/c1-9(21-12-5-2-10(16)3-6-12)15(20)19-14-8-11(17)4-7-13(14)18/h2-9H,18H2,1H3,(H,19,20). The Balaban J connectivity index is 2.02. The lowest BCUT2D eigenvalue weighted by molar-refractivity contribution is -0.122. The zero-order valence-electron chi connectivity index (χ0n) is 11.3.